The number of fused-ring (bicyclic) bond motifs is 7. The zero-order chi connectivity index (χ0) is 15.9. The van der Waals surface area contributed by atoms with E-state index in [9.17, 15) is 0 Å². The van der Waals surface area contributed by atoms with Gasteiger partial charge in [0.2, 0.25) is 0 Å². The molecule has 3 aliphatic heterocycles. The largest absolute Gasteiger partial charge is 0.370 e. The monoisotopic (exact) mass is 311 g/mol. The Hall–Kier alpha value is -3.27. The second-order valence-corrected chi connectivity index (χ2v) is 5.98. The molecule has 4 nitrogen and oxygen atoms in total. The van der Waals surface area contributed by atoms with Crippen LogP contribution in [0.5, 0.6) is 0 Å². The Kier molecular flexibility index (Phi) is 2.82. The number of aromatic nitrogens is 2. The summed E-state index contributed by atoms with van der Waals surface area (Å²) >= 11 is 0. The topological polar surface area (TPSA) is 56.0 Å². The summed E-state index contributed by atoms with van der Waals surface area (Å²) in [6.07, 6.45) is 16.5. The predicted molar refractivity (Wildman–Crippen MR) is 97.0 cm³/mol. The molecule has 0 saturated heterocycles. The average molecular weight is 311 g/mol. The normalized spacial score (nSPS) is 25.6. The van der Waals surface area contributed by atoms with Crippen molar-refractivity contribution in [1.82, 2.24) is 15.3 Å². The third-order valence-electron chi connectivity index (χ3n) is 4.11. The molecule has 1 radical (unpaired) electrons. The molecular formula is C20H15N4. The van der Waals surface area contributed by atoms with Crippen LogP contribution in [0, 0.1) is 6.04 Å². The number of aromatic amines is 2. The number of H-pyrrole nitrogens is 2. The standard InChI is InChI=1S/C20H15N4/c1-2-14-10-16-5-6-18(23-16)12-20-8-7-19(24-20)11-17-4-3-15(22-17)9-13(1)21-14/h1-12,21-23H/b15-9-,16-10-,17-11-,20-12-. The van der Waals surface area contributed by atoms with E-state index in [1.165, 1.54) is 0 Å². The zero-order valence-electron chi connectivity index (χ0n) is 12.9. The highest BCUT2D eigenvalue weighted by molar-refractivity contribution is 6.19. The van der Waals surface area contributed by atoms with Gasteiger partial charge in [-0.3, -0.25) is 0 Å². The first kappa shape index (κ1) is 13.2. The van der Waals surface area contributed by atoms with Crippen molar-refractivity contribution in [3.63, 3.8) is 0 Å². The Morgan fingerprint density at radius 3 is 2.42 bits per heavy atom. The van der Waals surface area contributed by atoms with Crippen molar-refractivity contribution in [2.24, 2.45) is 4.99 Å². The summed E-state index contributed by atoms with van der Waals surface area (Å²) in [5.74, 6) is 0. The first-order valence-corrected chi connectivity index (χ1v) is 7.90. The van der Waals surface area contributed by atoms with Crippen LogP contribution in [0.25, 0.3) is 18.2 Å². The summed E-state index contributed by atoms with van der Waals surface area (Å²) in [7, 11) is 0. The van der Waals surface area contributed by atoms with Crippen LogP contribution in [0.2, 0.25) is 0 Å². The average Bonchev–Trinajstić information content (AvgIpc) is 3.32. The second-order valence-electron chi connectivity index (χ2n) is 5.98. The van der Waals surface area contributed by atoms with Gasteiger partial charge in [-0.15, -0.1) is 0 Å². The highest BCUT2D eigenvalue weighted by atomic mass is 14.9. The molecule has 3 aliphatic rings. The maximum Gasteiger partial charge on any atom is 0.108 e. The van der Waals surface area contributed by atoms with Gasteiger partial charge in [0.1, 0.15) is 6.04 Å². The second kappa shape index (κ2) is 5.13. The summed E-state index contributed by atoms with van der Waals surface area (Å²) in [5.41, 5.74) is 5.08. The van der Waals surface area contributed by atoms with E-state index in [0.717, 1.165) is 45.2 Å². The fourth-order valence-corrected chi connectivity index (χ4v) is 3.00. The van der Waals surface area contributed by atoms with Gasteiger partial charge < -0.3 is 15.3 Å². The summed E-state index contributed by atoms with van der Waals surface area (Å²) < 4.78 is 0. The smallest absolute Gasteiger partial charge is 0.108 e. The third kappa shape index (κ3) is 2.48. The van der Waals surface area contributed by atoms with E-state index in [4.69, 9.17) is 0 Å². The molecule has 0 unspecified atom stereocenters. The fourth-order valence-electron chi connectivity index (χ4n) is 3.00. The lowest BCUT2D eigenvalue weighted by atomic mass is 10.2. The summed E-state index contributed by atoms with van der Waals surface area (Å²) in [6, 6.07) is 9.33. The fraction of sp³-hybridized carbons (Fsp3) is 0. The first-order chi connectivity index (χ1) is 11.8. The Bertz CT molecular complexity index is 1080. The minimum Gasteiger partial charge on any atom is -0.370 e. The molecule has 0 amide bonds. The number of hydrogen-bond acceptors (Lipinski definition) is 2. The molecule has 2 aromatic heterocycles. The van der Waals surface area contributed by atoms with Gasteiger partial charge in [-0.2, -0.15) is 0 Å². The van der Waals surface area contributed by atoms with Gasteiger partial charge >= 0.3 is 0 Å². The van der Waals surface area contributed by atoms with Crippen LogP contribution in [-0.2, 0) is 0 Å². The van der Waals surface area contributed by atoms with E-state index in [0.29, 0.717) is 0 Å². The van der Waals surface area contributed by atoms with Crippen molar-refractivity contribution < 1.29 is 0 Å². The molecule has 2 aromatic rings. The molecule has 0 saturated carbocycles. The van der Waals surface area contributed by atoms with Crippen molar-refractivity contribution in [1.29, 1.82) is 0 Å². The Morgan fingerprint density at radius 2 is 1.50 bits per heavy atom. The van der Waals surface area contributed by atoms with E-state index in [2.05, 4.69) is 81.0 Å². The number of allylic oxidation sites excluding steroid dienone is 3. The maximum absolute atomic E-state index is 4.64. The minimum absolute atomic E-state index is 0.947. The van der Waals surface area contributed by atoms with Crippen LogP contribution in [-0.4, -0.2) is 15.7 Å². The molecule has 5 heterocycles. The SMILES string of the molecule is C1=C/C2=C/c3ccc([nH]3)/C=c3/cc/c([nH]3)=C/C3=NC(=C\[C]1N2)/C=C3. The molecule has 4 heteroatoms. The molecule has 24 heavy (non-hydrogen) atoms. The molecular weight excluding hydrogens is 296 g/mol. The number of hydrogen-bond donors (Lipinski definition) is 3. The highest BCUT2D eigenvalue weighted by Gasteiger charge is 2.13. The van der Waals surface area contributed by atoms with Crippen molar-refractivity contribution in [2.75, 3.05) is 0 Å². The van der Waals surface area contributed by atoms with E-state index < -0.39 is 0 Å². The summed E-state index contributed by atoms with van der Waals surface area (Å²) in [6.45, 7) is 0. The van der Waals surface area contributed by atoms with Crippen molar-refractivity contribution in [3.8, 4) is 0 Å². The van der Waals surface area contributed by atoms with Crippen molar-refractivity contribution in [2.45, 2.75) is 0 Å². The molecule has 115 valence electrons. The van der Waals surface area contributed by atoms with Crippen LogP contribution in [0.15, 0.2) is 71.0 Å². The number of aliphatic imine (C=N–C) groups is 1. The van der Waals surface area contributed by atoms with E-state index in [1.807, 2.05) is 12.2 Å². The van der Waals surface area contributed by atoms with E-state index >= 15 is 0 Å². The lowest BCUT2D eigenvalue weighted by molar-refractivity contribution is 0.995. The maximum atomic E-state index is 4.64. The van der Waals surface area contributed by atoms with Gasteiger partial charge in [-0.1, -0.05) is 6.08 Å². The number of rotatable bonds is 0. The van der Waals surface area contributed by atoms with Crippen LogP contribution in [0.4, 0.5) is 0 Å². The van der Waals surface area contributed by atoms with Gasteiger partial charge in [0.05, 0.1) is 11.4 Å². The molecule has 5 rings (SSSR count). The van der Waals surface area contributed by atoms with Crippen LogP contribution < -0.4 is 16.0 Å². The predicted octanol–water partition coefficient (Wildman–Crippen LogP) is 1.89. The highest BCUT2D eigenvalue weighted by Crippen LogP contribution is 2.20. The molecule has 3 N–H and O–H groups in total. The van der Waals surface area contributed by atoms with Crippen molar-refractivity contribution >= 4 is 23.9 Å². The van der Waals surface area contributed by atoms with Crippen LogP contribution in [0.3, 0.4) is 0 Å². The van der Waals surface area contributed by atoms with Gasteiger partial charge in [-0.25, -0.2) is 4.99 Å². The molecule has 0 atom stereocenters. The lowest BCUT2D eigenvalue weighted by Gasteiger charge is -2.05. The first-order valence-electron chi connectivity index (χ1n) is 7.90. The lowest BCUT2D eigenvalue weighted by Crippen LogP contribution is -2.11. The van der Waals surface area contributed by atoms with Gasteiger partial charge in [0, 0.05) is 27.8 Å². The van der Waals surface area contributed by atoms with Crippen LogP contribution in [0.1, 0.15) is 11.4 Å². The zero-order valence-corrected chi connectivity index (χ0v) is 12.9. The van der Waals surface area contributed by atoms with Gasteiger partial charge in [0.15, 0.2) is 0 Å². The third-order valence-corrected chi connectivity index (χ3v) is 4.11. The van der Waals surface area contributed by atoms with E-state index in [1.54, 1.807) is 0 Å². The Morgan fingerprint density at radius 1 is 0.667 bits per heavy atom. The van der Waals surface area contributed by atoms with E-state index in [-0.39, 0.29) is 0 Å². The van der Waals surface area contributed by atoms with Crippen LogP contribution >= 0.6 is 0 Å². The number of nitrogens with one attached hydrogen (secondary N) is 3. The summed E-state index contributed by atoms with van der Waals surface area (Å²) in [5, 5.41) is 5.49. The number of nitrogens with zero attached hydrogens (tertiary/aromatic N) is 1. The van der Waals surface area contributed by atoms with Crippen molar-refractivity contribution in [3.05, 3.63) is 94.2 Å². The molecule has 8 bridgehead atoms. The van der Waals surface area contributed by atoms with Gasteiger partial charge in [-0.05, 0) is 66.8 Å². The quantitative estimate of drug-likeness (QED) is 0.684. The molecule has 0 aromatic carbocycles. The molecule has 0 aliphatic carbocycles. The molecule has 0 fully saturated rings. The summed E-state index contributed by atoms with van der Waals surface area (Å²) in [4.78, 5) is 11.4. The Balaban J connectivity index is 1.68. The van der Waals surface area contributed by atoms with Gasteiger partial charge in [0.25, 0.3) is 0 Å². The minimum atomic E-state index is 0.947. The molecule has 0 spiro atoms. The Labute approximate surface area is 139 Å².